The van der Waals surface area contributed by atoms with Gasteiger partial charge < -0.3 is 9.80 Å². The van der Waals surface area contributed by atoms with Crippen molar-refractivity contribution in [2.24, 2.45) is 0 Å². The van der Waals surface area contributed by atoms with Gasteiger partial charge in [-0.15, -0.1) is 0 Å². The third-order valence-electron chi connectivity index (χ3n) is 5.16. The predicted octanol–water partition coefficient (Wildman–Crippen LogP) is 4.12. The summed E-state index contributed by atoms with van der Waals surface area (Å²) < 4.78 is 0. The molecule has 26 heavy (non-hydrogen) atoms. The topological polar surface area (TPSA) is 36.4 Å². The fraction of sp³-hybridized carbons (Fsp3) is 0.455. The van der Waals surface area contributed by atoms with Crippen LogP contribution in [0.15, 0.2) is 48.8 Å². The Morgan fingerprint density at radius 2 is 1.65 bits per heavy atom. The van der Waals surface area contributed by atoms with Crippen molar-refractivity contribution in [3.63, 3.8) is 0 Å². The lowest BCUT2D eigenvalue weighted by Gasteiger charge is -2.45. The largest absolute Gasteiger partial charge is 0.367 e. The fourth-order valence-corrected chi connectivity index (χ4v) is 3.74. The Labute approximate surface area is 156 Å². The third kappa shape index (κ3) is 3.74. The molecule has 1 aromatic heterocycles. The van der Waals surface area contributed by atoms with Crippen molar-refractivity contribution in [1.29, 1.82) is 0 Å². The first-order valence-electron chi connectivity index (χ1n) is 9.35. The van der Waals surface area contributed by atoms with Crippen LogP contribution in [0, 0.1) is 0 Å². The molecule has 2 aromatic rings. The molecule has 0 radical (unpaired) electrons. The molecule has 4 heteroatoms. The van der Waals surface area contributed by atoms with Gasteiger partial charge in [-0.25, -0.2) is 0 Å². The van der Waals surface area contributed by atoms with Crippen molar-refractivity contribution in [3.8, 4) is 0 Å². The van der Waals surface area contributed by atoms with E-state index in [-0.39, 0.29) is 23.4 Å². The van der Waals surface area contributed by atoms with E-state index in [0.717, 1.165) is 13.1 Å². The number of amides is 1. The normalized spacial score (nSPS) is 21.0. The lowest BCUT2D eigenvalue weighted by molar-refractivity contribution is 0.0574. The van der Waals surface area contributed by atoms with Crippen molar-refractivity contribution in [2.75, 3.05) is 18.0 Å². The molecule has 1 fully saturated rings. The standard InChI is InChI=1S/C22H29N3O/c1-16-14-24(20-10-8-19(9-11-20)22(3,4)5)15-17(2)25(16)21(26)18-7-6-12-23-13-18/h6-13,16-17H,14-15H2,1-5H3/t16-,17+. The van der Waals surface area contributed by atoms with E-state index in [1.165, 1.54) is 11.3 Å². The van der Waals surface area contributed by atoms with Crippen molar-refractivity contribution in [2.45, 2.75) is 52.1 Å². The van der Waals surface area contributed by atoms with Crippen LogP contribution >= 0.6 is 0 Å². The highest BCUT2D eigenvalue weighted by Gasteiger charge is 2.33. The summed E-state index contributed by atoms with van der Waals surface area (Å²) in [5.41, 5.74) is 3.39. The maximum Gasteiger partial charge on any atom is 0.256 e. The third-order valence-corrected chi connectivity index (χ3v) is 5.16. The number of anilines is 1. The molecule has 138 valence electrons. The molecule has 4 nitrogen and oxygen atoms in total. The highest BCUT2D eigenvalue weighted by molar-refractivity contribution is 5.94. The molecule has 2 atom stereocenters. The van der Waals surface area contributed by atoms with E-state index in [1.807, 2.05) is 17.0 Å². The van der Waals surface area contributed by atoms with E-state index >= 15 is 0 Å². The molecule has 1 saturated heterocycles. The second-order valence-corrected chi connectivity index (χ2v) is 8.35. The Kier molecular flexibility index (Phi) is 5.03. The SMILES string of the molecule is C[C@@H]1CN(c2ccc(C(C)(C)C)cc2)C[C@H](C)N1C(=O)c1cccnc1. The zero-order chi connectivity index (χ0) is 18.9. The van der Waals surface area contributed by atoms with Crippen LogP contribution in [0.5, 0.6) is 0 Å². The Bertz CT molecular complexity index is 737. The smallest absolute Gasteiger partial charge is 0.256 e. The van der Waals surface area contributed by atoms with Crippen LogP contribution in [-0.2, 0) is 5.41 Å². The highest BCUT2D eigenvalue weighted by atomic mass is 16.2. The summed E-state index contributed by atoms with van der Waals surface area (Å²) in [5, 5.41) is 0. The number of piperazine rings is 1. The molecule has 0 unspecified atom stereocenters. The highest BCUT2D eigenvalue weighted by Crippen LogP contribution is 2.27. The van der Waals surface area contributed by atoms with Crippen LogP contribution in [0.25, 0.3) is 0 Å². The molecule has 0 saturated carbocycles. The monoisotopic (exact) mass is 351 g/mol. The van der Waals surface area contributed by atoms with Crippen LogP contribution in [0.1, 0.15) is 50.5 Å². The maximum atomic E-state index is 12.9. The van der Waals surface area contributed by atoms with Gasteiger partial charge in [0.25, 0.3) is 5.91 Å². The molecule has 2 heterocycles. The minimum absolute atomic E-state index is 0.0702. The average Bonchev–Trinajstić information content (AvgIpc) is 2.61. The van der Waals surface area contributed by atoms with Crippen LogP contribution in [0.3, 0.4) is 0 Å². The maximum absolute atomic E-state index is 12.9. The summed E-state index contributed by atoms with van der Waals surface area (Å²) in [6.07, 6.45) is 3.35. The predicted molar refractivity (Wildman–Crippen MR) is 107 cm³/mol. The minimum atomic E-state index is 0.0702. The summed E-state index contributed by atoms with van der Waals surface area (Å²) in [7, 11) is 0. The van der Waals surface area contributed by atoms with Gasteiger partial charge >= 0.3 is 0 Å². The van der Waals surface area contributed by atoms with E-state index in [0.29, 0.717) is 5.56 Å². The van der Waals surface area contributed by atoms with E-state index in [1.54, 1.807) is 12.4 Å². The summed E-state index contributed by atoms with van der Waals surface area (Å²) in [6, 6.07) is 12.8. The van der Waals surface area contributed by atoms with Gasteiger partial charge in [-0.2, -0.15) is 0 Å². The second-order valence-electron chi connectivity index (χ2n) is 8.35. The van der Waals surface area contributed by atoms with Crippen molar-refractivity contribution in [1.82, 2.24) is 9.88 Å². The molecule has 1 aliphatic rings. The number of nitrogens with zero attached hydrogens (tertiary/aromatic N) is 3. The van der Waals surface area contributed by atoms with Gasteiger partial charge in [0.1, 0.15) is 0 Å². The fourth-order valence-electron chi connectivity index (χ4n) is 3.74. The van der Waals surface area contributed by atoms with Gasteiger partial charge in [0.05, 0.1) is 5.56 Å². The van der Waals surface area contributed by atoms with Gasteiger partial charge in [0.15, 0.2) is 0 Å². The van der Waals surface area contributed by atoms with Crippen molar-refractivity contribution >= 4 is 11.6 Å². The summed E-state index contributed by atoms with van der Waals surface area (Å²) in [4.78, 5) is 21.4. The number of hydrogen-bond acceptors (Lipinski definition) is 3. The van der Waals surface area contributed by atoms with Crippen molar-refractivity contribution in [3.05, 3.63) is 59.9 Å². The number of aromatic nitrogens is 1. The number of benzene rings is 1. The van der Waals surface area contributed by atoms with E-state index in [9.17, 15) is 4.79 Å². The van der Waals surface area contributed by atoms with E-state index < -0.39 is 0 Å². The first-order chi connectivity index (χ1) is 12.3. The van der Waals surface area contributed by atoms with Gasteiger partial charge in [-0.1, -0.05) is 32.9 Å². The summed E-state index contributed by atoms with van der Waals surface area (Å²) >= 11 is 0. The average molecular weight is 351 g/mol. The van der Waals surface area contributed by atoms with Crippen LogP contribution in [-0.4, -0.2) is 41.0 Å². The molecule has 0 bridgehead atoms. The first kappa shape index (κ1) is 18.4. The Morgan fingerprint density at radius 3 is 2.15 bits per heavy atom. The van der Waals surface area contributed by atoms with E-state index in [4.69, 9.17) is 0 Å². The minimum Gasteiger partial charge on any atom is -0.367 e. The molecule has 1 amide bonds. The number of carbonyl (C=O) groups excluding carboxylic acids is 1. The molecule has 3 rings (SSSR count). The molecule has 1 aromatic carbocycles. The van der Waals surface area contributed by atoms with Gasteiger partial charge in [0, 0.05) is 43.3 Å². The molecule has 0 aliphatic carbocycles. The first-order valence-corrected chi connectivity index (χ1v) is 9.35. The van der Waals surface area contributed by atoms with E-state index in [2.05, 4.69) is 68.8 Å². The van der Waals surface area contributed by atoms with Crippen LogP contribution < -0.4 is 4.90 Å². The molecule has 1 aliphatic heterocycles. The molecular weight excluding hydrogens is 322 g/mol. The molecule has 0 spiro atoms. The number of pyridine rings is 1. The number of rotatable bonds is 2. The Balaban J connectivity index is 1.75. The zero-order valence-electron chi connectivity index (χ0n) is 16.4. The zero-order valence-corrected chi connectivity index (χ0v) is 16.4. The van der Waals surface area contributed by atoms with Crippen LogP contribution in [0.2, 0.25) is 0 Å². The Hall–Kier alpha value is -2.36. The summed E-state index contributed by atoms with van der Waals surface area (Å²) in [5.74, 6) is 0.0702. The summed E-state index contributed by atoms with van der Waals surface area (Å²) in [6.45, 7) is 12.6. The van der Waals surface area contributed by atoms with Crippen LogP contribution in [0.4, 0.5) is 5.69 Å². The molecular formula is C22H29N3O. The number of carbonyl (C=O) groups is 1. The van der Waals surface area contributed by atoms with Gasteiger partial charge in [0.2, 0.25) is 0 Å². The quantitative estimate of drug-likeness (QED) is 0.817. The van der Waals surface area contributed by atoms with Crippen molar-refractivity contribution < 1.29 is 4.79 Å². The lowest BCUT2D eigenvalue weighted by atomic mass is 9.87. The Morgan fingerprint density at radius 1 is 1.04 bits per heavy atom. The second kappa shape index (κ2) is 7.10. The number of hydrogen-bond donors (Lipinski definition) is 0. The molecule has 0 N–H and O–H groups in total. The van der Waals surface area contributed by atoms with Gasteiger partial charge in [-0.05, 0) is 49.1 Å². The van der Waals surface area contributed by atoms with Gasteiger partial charge in [-0.3, -0.25) is 9.78 Å². The lowest BCUT2D eigenvalue weighted by Crippen LogP contribution is -2.58.